The van der Waals surface area contributed by atoms with Crippen LogP contribution in [0.25, 0.3) is 15.9 Å². The molecule has 132 valence electrons. The molecule has 0 saturated carbocycles. The van der Waals surface area contributed by atoms with E-state index in [1.54, 1.807) is 10.9 Å². The van der Waals surface area contributed by atoms with Gasteiger partial charge in [-0.25, -0.2) is 9.36 Å². The van der Waals surface area contributed by atoms with E-state index >= 15 is 0 Å². The second kappa shape index (κ2) is 6.42. The molecule has 0 bridgehead atoms. The van der Waals surface area contributed by atoms with Crippen molar-refractivity contribution < 1.29 is 4.79 Å². The Morgan fingerprint density at radius 1 is 1.19 bits per heavy atom. The largest absolute Gasteiger partial charge is 0.306 e. The Balaban J connectivity index is 1.69. The summed E-state index contributed by atoms with van der Waals surface area (Å²) < 4.78 is 3.69. The monoisotopic (exact) mass is 365 g/mol. The molecule has 0 radical (unpaired) electrons. The van der Waals surface area contributed by atoms with Crippen LogP contribution < -0.4 is 5.32 Å². The number of thiophene rings is 1. The van der Waals surface area contributed by atoms with Gasteiger partial charge >= 0.3 is 0 Å². The fraction of sp³-hybridized carbons (Fsp3) is 0.211. The molecule has 0 aliphatic heterocycles. The van der Waals surface area contributed by atoms with Crippen LogP contribution in [0.1, 0.15) is 35.3 Å². The molecule has 7 heteroatoms. The summed E-state index contributed by atoms with van der Waals surface area (Å²) in [6, 6.07) is 13.8. The summed E-state index contributed by atoms with van der Waals surface area (Å²) in [6.07, 6.45) is 1.69. The van der Waals surface area contributed by atoms with Gasteiger partial charge in [-0.2, -0.15) is 10.2 Å². The number of carbonyl (C=O) groups is 1. The zero-order valence-electron chi connectivity index (χ0n) is 14.8. The van der Waals surface area contributed by atoms with E-state index in [1.165, 1.54) is 11.3 Å². The Hall–Kier alpha value is -2.93. The molecule has 0 spiro atoms. The normalized spacial score (nSPS) is 11.4. The third-order valence-corrected chi connectivity index (χ3v) is 5.28. The first-order valence-electron chi connectivity index (χ1n) is 8.44. The number of amides is 1. The number of fused-ring (bicyclic) bond motifs is 1. The number of hydrogen-bond acceptors (Lipinski definition) is 4. The van der Waals surface area contributed by atoms with E-state index in [0.29, 0.717) is 10.7 Å². The third kappa shape index (κ3) is 2.80. The molecular formula is C19H19N5OS. The molecule has 0 unspecified atom stereocenters. The van der Waals surface area contributed by atoms with E-state index in [1.807, 2.05) is 67.9 Å². The maximum absolute atomic E-state index is 12.7. The molecule has 4 rings (SSSR count). The van der Waals surface area contributed by atoms with E-state index in [9.17, 15) is 4.79 Å². The van der Waals surface area contributed by atoms with Crippen molar-refractivity contribution in [2.45, 2.75) is 26.8 Å². The van der Waals surface area contributed by atoms with Crippen molar-refractivity contribution in [3.63, 3.8) is 0 Å². The molecule has 0 saturated heterocycles. The minimum absolute atomic E-state index is 0.132. The molecule has 26 heavy (non-hydrogen) atoms. The van der Waals surface area contributed by atoms with Crippen LogP contribution in [0.2, 0.25) is 0 Å². The maximum atomic E-state index is 12.7. The number of para-hydroxylation sites is 1. The first-order valence-corrected chi connectivity index (χ1v) is 9.25. The fourth-order valence-corrected chi connectivity index (χ4v) is 3.98. The van der Waals surface area contributed by atoms with E-state index in [-0.39, 0.29) is 11.9 Å². The molecular weight excluding hydrogens is 346 g/mol. The molecule has 6 nitrogen and oxygen atoms in total. The highest BCUT2D eigenvalue weighted by atomic mass is 32.1. The zero-order valence-corrected chi connectivity index (χ0v) is 15.6. The summed E-state index contributed by atoms with van der Waals surface area (Å²) in [5.41, 5.74) is 1.89. The van der Waals surface area contributed by atoms with Gasteiger partial charge in [-0.15, -0.1) is 11.3 Å². The summed E-state index contributed by atoms with van der Waals surface area (Å²) in [7, 11) is 0. The average molecular weight is 365 g/mol. The predicted octanol–water partition coefficient (Wildman–Crippen LogP) is 4.43. The Morgan fingerprint density at radius 2 is 1.96 bits per heavy atom. The summed E-state index contributed by atoms with van der Waals surface area (Å²) in [5.74, 6) is 0.566. The fourth-order valence-electron chi connectivity index (χ4n) is 2.91. The van der Waals surface area contributed by atoms with E-state index in [0.717, 1.165) is 21.6 Å². The number of aryl methyl sites for hydroxylation is 1. The average Bonchev–Trinajstić information content (AvgIpc) is 3.32. The summed E-state index contributed by atoms with van der Waals surface area (Å²) in [5, 5.41) is 12.8. The van der Waals surface area contributed by atoms with Crippen LogP contribution in [0.4, 0.5) is 5.82 Å². The number of benzene rings is 1. The minimum atomic E-state index is -0.132. The second-order valence-corrected chi connectivity index (χ2v) is 7.40. The maximum Gasteiger partial charge on any atom is 0.266 e. The molecule has 0 aliphatic rings. The lowest BCUT2D eigenvalue weighted by atomic mass is 10.3. The zero-order chi connectivity index (χ0) is 18.3. The lowest BCUT2D eigenvalue weighted by molar-refractivity contribution is 0.102. The first kappa shape index (κ1) is 16.5. The number of rotatable bonds is 4. The van der Waals surface area contributed by atoms with Crippen LogP contribution in [0.5, 0.6) is 0 Å². The van der Waals surface area contributed by atoms with Crippen molar-refractivity contribution in [3.8, 4) is 5.69 Å². The first-order chi connectivity index (χ1) is 12.5. The van der Waals surface area contributed by atoms with Gasteiger partial charge in [0.15, 0.2) is 0 Å². The standard InChI is InChI=1S/C19H19N5OS/c1-12(2)23-17(9-10-20-23)21-18(25)16-11-15-13(3)22-24(19(15)26-16)14-7-5-4-6-8-14/h4-12H,1-3H3,(H,21,25). The van der Waals surface area contributed by atoms with Crippen molar-refractivity contribution in [2.75, 3.05) is 5.32 Å². The summed E-state index contributed by atoms with van der Waals surface area (Å²) in [6.45, 7) is 6.02. The highest BCUT2D eigenvalue weighted by molar-refractivity contribution is 7.20. The Morgan fingerprint density at radius 3 is 2.69 bits per heavy atom. The quantitative estimate of drug-likeness (QED) is 0.582. The van der Waals surface area contributed by atoms with Crippen LogP contribution in [0, 0.1) is 6.92 Å². The van der Waals surface area contributed by atoms with Crippen molar-refractivity contribution in [1.82, 2.24) is 19.6 Å². The minimum Gasteiger partial charge on any atom is -0.306 e. The van der Waals surface area contributed by atoms with E-state index in [4.69, 9.17) is 0 Å². The molecule has 0 aliphatic carbocycles. The lowest BCUT2D eigenvalue weighted by Gasteiger charge is -2.11. The van der Waals surface area contributed by atoms with Gasteiger partial charge in [0.25, 0.3) is 5.91 Å². The summed E-state index contributed by atoms with van der Waals surface area (Å²) in [4.78, 5) is 14.4. The number of hydrogen-bond donors (Lipinski definition) is 1. The Kier molecular flexibility index (Phi) is 4.08. The molecule has 0 atom stereocenters. The van der Waals surface area contributed by atoms with Crippen molar-refractivity contribution in [2.24, 2.45) is 0 Å². The molecule has 0 fully saturated rings. The van der Waals surface area contributed by atoms with Gasteiger partial charge in [0, 0.05) is 17.5 Å². The summed E-state index contributed by atoms with van der Waals surface area (Å²) >= 11 is 1.44. The van der Waals surface area contributed by atoms with Gasteiger partial charge in [-0.3, -0.25) is 4.79 Å². The number of anilines is 1. The topological polar surface area (TPSA) is 64.7 Å². The van der Waals surface area contributed by atoms with E-state index < -0.39 is 0 Å². The Labute approximate surface area is 155 Å². The molecule has 4 aromatic rings. The Bertz CT molecular complexity index is 1070. The molecule has 1 amide bonds. The second-order valence-electron chi connectivity index (χ2n) is 6.37. The third-order valence-electron chi connectivity index (χ3n) is 4.17. The SMILES string of the molecule is Cc1nn(-c2ccccc2)c2sc(C(=O)Nc3ccnn3C(C)C)cc12. The molecule has 1 aromatic carbocycles. The van der Waals surface area contributed by atoms with Gasteiger partial charge in [0.05, 0.1) is 22.5 Å². The van der Waals surface area contributed by atoms with Crippen molar-refractivity contribution in [1.29, 1.82) is 0 Å². The highest BCUT2D eigenvalue weighted by Gasteiger charge is 2.18. The molecule has 1 N–H and O–H groups in total. The number of nitrogens with zero attached hydrogens (tertiary/aromatic N) is 4. The lowest BCUT2D eigenvalue weighted by Crippen LogP contribution is -2.15. The number of aromatic nitrogens is 4. The molecule has 3 heterocycles. The van der Waals surface area contributed by atoms with Crippen LogP contribution in [-0.4, -0.2) is 25.5 Å². The van der Waals surface area contributed by atoms with Crippen molar-refractivity contribution in [3.05, 3.63) is 59.2 Å². The van der Waals surface area contributed by atoms with Crippen LogP contribution in [0.15, 0.2) is 48.7 Å². The van der Waals surface area contributed by atoms with Gasteiger partial charge < -0.3 is 5.32 Å². The van der Waals surface area contributed by atoms with Crippen LogP contribution in [0.3, 0.4) is 0 Å². The van der Waals surface area contributed by atoms with Gasteiger partial charge in [-0.05, 0) is 39.0 Å². The smallest absolute Gasteiger partial charge is 0.266 e. The molecule has 3 aromatic heterocycles. The number of carbonyl (C=O) groups excluding carboxylic acids is 1. The van der Waals surface area contributed by atoms with Crippen molar-refractivity contribution >= 4 is 33.3 Å². The van der Waals surface area contributed by atoms with Crippen LogP contribution >= 0.6 is 11.3 Å². The highest BCUT2D eigenvalue weighted by Crippen LogP contribution is 2.31. The number of nitrogens with one attached hydrogen (secondary N) is 1. The van der Waals surface area contributed by atoms with Gasteiger partial charge in [-0.1, -0.05) is 18.2 Å². The van der Waals surface area contributed by atoms with Crippen LogP contribution in [-0.2, 0) is 0 Å². The van der Waals surface area contributed by atoms with Gasteiger partial charge in [0.2, 0.25) is 0 Å². The predicted molar refractivity (Wildman–Crippen MR) is 104 cm³/mol. The van der Waals surface area contributed by atoms with Gasteiger partial charge in [0.1, 0.15) is 10.6 Å². The van der Waals surface area contributed by atoms with E-state index in [2.05, 4.69) is 15.5 Å².